The van der Waals surface area contributed by atoms with Gasteiger partial charge in [0.2, 0.25) is 10.0 Å². The summed E-state index contributed by atoms with van der Waals surface area (Å²) in [5.74, 6) is -0.842. The minimum Gasteiger partial charge on any atom is -0.399 e. The van der Waals surface area contributed by atoms with Gasteiger partial charge >= 0.3 is 0 Å². The second-order valence-corrected chi connectivity index (χ2v) is 7.01. The molecule has 116 valence electrons. The maximum atomic E-state index is 13.3. The quantitative estimate of drug-likeness (QED) is 0.797. The molecule has 21 heavy (non-hydrogen) atoms. The number of amides is 1. The number of anilines is 1. The fourth-order valence-corrected chi connectivity index (χ4v) is 3.26. The van der Waals surface area contributed by atoms with Gasteiger partial charge in [0, 0.05) is 30.4 Å². The van der Waals surface area contributed by atoms with Crippen LogP contribution in [0, 0.1) is 5.82 Å². The Balaban J connectivity index is 2.00. The summed E-state index contributed by atoms with van der Waals surface area (Å²) in [5, 5.41) is 0. The summed E-state index contributed by atoms with van der Waals surface area (Å²) >= 11 is 0. The van der Waals surface area contributed by atoms with Gasteiger partial charge in [0.1, 0.15) is 5.82 Å². The molecule has 2 rings (SSSR count). The Hall–Kier alpha value is -1.67. The molecule has 1 aromatic carbocycles. The summed E-state index contributed by atoms with van der Waals surface area (Å²) < 4.78 is 38.1. The van der Waals surface area contributed by atoms with E-state index in [0.29, 0.717) is 25.9 Å². The van der Waals surface area contributed by atoms with E-state index in [9.17, 15) is 17.6 Å². The number of benzene rings is 1. The summed E-state index contributed by atoms with van der Waals surface area (Å²) in [5.41, 5.74) is 5.94. The molecule has 0 spiro atoms. The number of likely N-dealkylation sites (tertiary alicyclic amines) is 1. The first-order valence-corrected chi connectivity index (χ1v) is 8.46. The Morgan fingerprint density at radius 1 is 1.33 bits per heavy atom. The van der Waals surface area contributed by atoms with Crippen LogP contribution in [0.3, 0.4) is 0 Å². The SMILES string of the molecule is CS(=O)(=O)NC1CCN(C(=O)c2cc(N)cc(F)c2)CC1. The molecule has 6 nitrogen and oxygen atoms in total. The number of nitrogens with one attached hydrogen (secondary N) is 1. The number of carbonyl (C=O) groups excluding carboxylic acids is 1. The number of hydrogen-bond donors (Lipinski definition) is 2. The van der Waals surface area contributed by atoms with Crippen molar-refractivity contribution in [1.29, 1.82) is 0 Å². The minimum atomic E-state index is -3.24. The fourth-order valence-electron chi connectivity index (χ4n) is 2.42. The van der Waals surface area contributed by atoms with Gasteiger partial charge < -0.3 is 10.6 Å². The van der Waals surface area contributed by atoms with Gasteiger partial charge in [0.25, 0.3) is 5.91 Å². The molecule has 1 amide bonds. The molecule has 0 saturated carbocycles. The summed E-state index contributed by atoms with van der Waals surface area (Å²) in [4.78, 5) is 13.8. The number of rotatable bonds is 3. The number of sulfonamides is 1. The lowest BCUT2D eigenvalue weighted by molar-refractivity contribution is 0.0711. The van der Waals surface area contributed by atoms with Gasteiger partial charge in [-0.3, -0.25) is 4.79 Å². The maximum absolute atomic E-state index is 13.3. The largest absolute Gasteiger partial charge is 0.399 e. The summed E-state index contributed by atoms with van der Waals surface area (Å²) in [6.07, 6.45) is 2.17. The third kappa shape index (κ3) is 4.40. The highest BCUT2D eigenvalue weighted by atomic mass is 32.2. The van der Waals surface area contributed by atoms with Gasteiger partial charge in [-0.25, -0.2) is 17.5 Å². The predicted octanol–water partition coefficient (Wildman–Crippen LogP) is 0.562. The maximum Gasteiger partial charge on any atom is 0.254 e. The monoisotopic (exact) mass is 315 g/mol. The van der Waals surface area contributed by atoms with E-state index in [1.807, 2.05) is 0 Å². The normalized spacial score (nSPS) is 17.0. The van der Waals surface area contributed by atoms with Gasteiger partial charge in [-0.15, -0.1) is 0 Å². The molecule has 0 bridgehead atoms. The van der Waals surface area contributed by atoms with Crippen molar-refractivity contribution in [2.45, 2.75) is 18.9 Å². The molecule has 1 aliphatic rings. The van der Waals surface area contributed by atoms with Gasteiger partial charge in [0.05, 0.1) is 6.26 Å². The van der Waals surface area contributed by atoms with Crippen LogP contribution in [-0.2, 0) is 10.0 Å². The summed E-state index contributed by atoms with van der Waals surface area (Å²) in [6, 6.07) is 3.58. The number of nitrogen functional groups attached to an aromatic ring is 1. The van der Waals surface area contributed by atoms with E-state index in [0.717, 1.165) is 18.4 Å². The molecule has 1 heterocycles. The number of nitrogens with zero attached hydrogens (tertiary/aromatic N) is 1. The van der Waals surface area contributed by atoms with E-state index in [1.54, 1.807) is 4.90 Å². The molecular formula is C13H18FN3O3S. The van der Waals surface area contributed by atoms with E-state index in [-0.39, 0.29) is 23.2 Å². The smallest absolute Gasteiger partial charge is 0.254 e. The number of piperidine rings is 1. The van der Waals surface area contributed by atoms with E-state index in [1.165, 1.54) is 6.07 Å². The first-order valence-electron chi connectivity index (χ1n) is 6.57. The molecule has 8 heteroatoms. The molecule has 1 aliphatic heterocycles. The molecule has 3 N–H and O–H groups in total. The molecule has 1 fully saturated rings. The fraction of sp³-hybridized carbons (Fsp3) is 0.462. The standard InChI is InChI=1S/C13H18FN3O3S/c1-21(19,20)16-12-2-4-17(5-3-12)13(18)9-6-10(14)8-11(15)7-9/h6-8,12,16H,2-5,15H2,1H3. The Kier molecular flexibility index (Phi) is 4.48. The van der Waals surface area contributed by atoms with Crippen LogP contribution in [0.25, 0.3) is 0 Å². The average Bonchev–Trinajstić information content (AvgIpc) is 2.35. The van der Waals surface area contributed by atoms with Crippen LogP contribution in [0.5, 0.6) is 0 Å². The topological polar surface area (TPSA) is 92.5 Å². The van der Waals surface area contributed by atoms with Crippen molar-refractivity contribution in [3.8, 4) is 0 Å². The van der Waals surface area contributed by atoms with E-state index >= 15 is 0 Å². The average molecular weight is 315 g/mol. The zero-order valence-corrected chi connectivity index (χ0v) is 12.5. The zero-order valence-electron chi connectivity index (χ0n) is 11.7. The Labute approximate surface area is 123 Å². The first-order chi connectivity index (χ1) is 9.74. The van der Waals surface area contributed by atoms with Gasteiger partial charge in [-0.05, 0) is 31.0 Å². The van der Waals surface area contributed by atoms with Crippen molar-refractivity contribution in [2.75, 3.05) is 25.1 Å². The molecule has 0 aliphatic carbocycles. The molecule has 1 saturated heterocycles. The lowest BCUT2D eigenvalue weighted by atomic mass is 10.0. The number of carbonyl (C=O) groups is 1. The van der Waals surface area contributed by atoms with Crippen molar-refractivity contribution in [1.82, 2.24) is 9.62 Å². The van der Waals surface area contributed by atoms with Crippen LogP contribution in [0.1, 0.15) is 23.2 Å². The van der Waals surface area contributed by atoms with Gasteiger partial charge in [-0.2, -0.15) is 0 Å². The van der Waals surface area contributed by atoms with Crippen LogP contribution in [0.2, 0.25) is 0 Å². The summed E-state index contributed by atoms with van der Waals surface area (Å²) in [7, 11) is -3.24. The van der Waals surface area contributed by atoms with E-state index < -0.39 is 15.8 Å². The second-order valence-electron chi connectivity index (χ2n) is 5.23. The Bertz CT molecular complexity index is 620. The van der Waals surface area contributed by atoms with E-state index in [2.05, 4.69) is 4.72 Å². The third-order valence-electron chi connectivity index (χ3n) is 3.33. The molecule has 1 aromatic rings. The zero-order chi connectivity index (χ0) is 15.6. The lowest BCUT2D eigenvalue weighted by Crippen LogP contribution is -2.46. The van der Waals surface area contributed by atoms with Crippen LogP contribution in [-0.4, -0.2) is 44.6 Å². The van der Waals surface area contributed by atoms with Crippen molar-refractivity contribution >= 4 is 21.6 Å². The minimum absolute atomic E-state index is 0.165. The first kappa shape index (κ1) is 15.7. The van der Waals surface area contributed by atoms with Crippen LogP contribution in [0.4, 0.5) is 10.1 Å². The summed E-state index contributed by atoms with van der Waals surface area (Å²) in [6.45, 7) is 0.838. The van der Waals surface area contributed by atoms with Crippen molar-refractivity contribution < 1.29 is 17.6 Å². The van der Waals surface area contributed by atoms with Crippen molar-refractivity contribution in [3.63, 3.8) is 0 Å². The molecule has 0 atom stereocenters. The molecule has 0 radical (unpaired) electrons. The molecule has 0 unspecified atom stereocenters. The van der Waals surface area contributed by atoms with Crippen LogP contribution in [0.15, 0.2) is 18.2 Å². The number of halogens is 1. The van der Waals surface area contributed by atoms with Crippen molar-refractivity contribution in [3.05, 3.63) is 29.6 Å². The highest BCUT2D eigenvalue weighted by Gasteiger charge is 2.25. The van der Waals surface area contributed by atoms with Gasteiger partial charge in [-0.1, -0.05) is 0 Å². The van der Waals surface area contributed by atoms with Crippen LogP contribution >= 0.6 is 0 Å². The van der Waals surface area contributed by atoms with Crippen molar-refractivity contribution in [2.24, 2.45) is 0 Å². The highest BCUT2D eigenvalue weighted by molar-refractivity contribution is 7.88. The number of hydrogen-bond acceptors (Lipinski definition) is 4. The third-order valence-corrected chi connectivity index (χ3v) is 4.09. The Morgan fingerprint density at radius 2 is 1.95 bits per heavy atom. The lowest BCUT2D eigenvalue weighted by Gasteiger charge is -2.32. The number of nitrogens with two attached hydrogens (primary N) is 1. The highest BCUT2D eigenvalue weighted by Crippen LogP contribution is 2.17. The van der Waals surface area contributed by atoms with Gasteiger partial charge in [0.15, 0.2) is 0 Å². The van der Waals surface area contributed by atoms with Crippen LogP contribution < -0.4 is 10.5 Å². The predicted molar refractivity (Wildman–Crippen MR) is 77.7 cm³/mol. The molecule has 0 aromatic heterocycles. The Morgan fingerprint density at radius 3 is 2.48 bits per heavy atom. The molecular weight excluding hydrogens is 297 g/mol. The second kappa shape index (κ2) is 5.98. The van der Waals surface area contributed by atoms with E-state index in [4.69, 9.17) is 5.73 Å².